The average molecular weight is 508 g/mol. The Morgan fingerprint density at radius 1 is 1.09 bits per heavy atom. The van der Waals surface area contributed by atoms with Gasteiger partial charge in [0.2, 0.25) is 5.91 Å². The Hall–Kier alpha value is -3.48. The zero-order valence-corrected chi connectivity index (χ0v) is 20.2. The maximum atomic E-state index is 14.9. The fourth-order valence-corrected chi connectivity index (χ4v) is 5.01. The number of nitrogens with zero attached hydrogens (tertiary/aromatic N) is 2. The lowest BCUT2D eigenvalue weighted by Crippen LogP contribution is -2.27. The molecule has 4 aromatic rings. The molecule has 0 radical (unpaired) electrons. The molecule has 5 rings (SSSR count). The first-order valence-corrected chi connectivity index (χ1v) is 11.9. The highest BCUT2D eigenvalue weighted by molar-refractivity contribution is 6.32. The molecular formula is C27H20Cl2FN3O2. The number of aromatic amines is 1. The molecule has 1 N–H and O–H groups in total. The molecule has 35 heavy (non-hydrogen) atoms. The molecular weight excluding hydrogens is 488 g/mol. The van der Waals surface area contributed by atoms with E-state index in [0.29, 0.717) is 27.4 Å². The second kappa shape index (κ2) is 9.29. The van der Waals surface area contributed by atoms with Crippen molar-refractivity contribution in [1.29, 1.82) is 0 Å². The van der Waals surface area contributed by atoms with Gasteiger partial charge in [0.1, 0.15) is 5.82 Å². The van der Waals surface area contributed by atoms with Crippen molar-refractivity contribution >= 4 is 45.7 Å². The number of aromatic nitrogens is 1. The third-order valence-electron chi connectivity index (χ3n) is 6.13. The molecule has 1 amide bonds. The number of carbonyl (C=O) groups excluding carboxylic acids is 1. The van der Waals surface area contributed by atoms with Gasteiger partial charge in [0.15, 0.2) is 0 Å². The van der Waals surface area contributed by atoms with Crippen LogP contribution in [0.3, 0.4) is 0 Å². The molecule has 2 heterocycles. The van der Waals surface area contributed by atoms with Crippen LogP contribution in [-0.2, 0) is 4.79 Å². The van der Waals surface area contributed by atoms with Crippen LogP contribution >= 0.6 is 23.2 Å². The van der Waals surface area contributed by atoms with E-state index in [-0.39, 0.29) is 34.9 Å². The number of carbonyl (C=O) groups is 1. The first kappa shape index (κ1) is 23.3. The largest absolute Gasteiger partial charge is 0.321 e. The standard InChI is InChI=1S/C27H20Cl2FN3O2/c1-2-23(34)33-22(25-18(29)9-6-10-19(25)30)14-21(32-33)26-24(15-7-4-3-5-8-15)17-13-16(28)11-12-20(17)31-27(26)35/h3-13,22H,2,14H2,1H3,(H,31,35)/t22-/m1/s1. The SMILES string of the molecule is CCC(=O)N1N=C(c2c(-c3ccccc3)c3cc(Cl)ccc3[nH]c2=O)C[C@@H]1c1c(F)cccc1Cl. The third-order valence-corrected chi connectivity index (χ3v) is 6.69. The normalized spacial score (nSPS) is 15.5. The van der Waals surface area contributed by atoms with Gasteiger partial charge in [-0.3, -0.25) is 9.59 Å². The number of hydrogen-bond donors (Lipinski definition) is 1. The van der Waals surface area contributed by atoms with Crippen LogP contribution in [0.25, 0.3) is 22.0 Å². The van der Waals surface area contributed by atoms with E-state index in [9.17, 15) is 14.0 Å². The first-order valence-electron chi connectivity index (χ1n) is 11.1. The van der Waals surface area contributed by atoms with Crippen LogP contribution in [0.15, 0.2) is 76.6 Å². The van der Waals surface area contributed by atoms with E-state index in [1.807, 2.05) is 30.3 Å². The van der Waals surface area contributed by atoms with Crippen LogP contribution in [0, 0.1) is 5.82 Å². The van der Waals surface area contributed by atoms with Crippen LogP contribution < -0.4 is 5.56 Å². The van der Waals surface area contributed by atoms with Crippen molar-refractivity contribution in [2.45, 2.75) is 25.8 Å². The fourth-order valence-electron chi connectivity index (χ4n) is 4.55. The lowest BCUT2D eigenvalue weighted by Gasteiger charge is -2.22. The van der Waals surface area contributed by atoms with Gasteiger partial charge in [-0.2, -0.15) is 5.10 Å². The molecule has 0 spiro atoms. The maximum absolute atomic E-state index is 14.9. The number of hydrogen-bond acceptors (Lipinski definition) is 3. The molecule has 1 aliphatic rings. The number of nitrogens with one attached hydrogen (secondary N) is 1. The predicted molar refractivity (Wildman–Crippen MR) is 137 cm³/mol. The van der Waals surface area contributed by atoms with Gasteiger partial charge in [-0.15, -0.1) is 0 Å². The van der Waals surface area contributed by atoms with E-state index in [0.717, 1.165) is 10.9 Å². The molecule has 1 aromatic heterocycles. The second-order valence-corrected chi connectivity index (χ2v) is 9.10. The molecule has 0 saturated heterocycles. The van der Waals surface area contributed by atoms with Gasteiger partial charge in [-0.25, -0.2) is 9.40 Å². The monoisotopic (exact) mass is 507 g/mol. The van der Waals surface area contributed by atoms with Crippen LogP contribution in [-0.4, -0.2) is 21.6 Å². The summed E-state index contributed by atoms with van der Waals surface area (Å²) < 4.78 is 14.9. The Bertz CT molecular complexity index is 1530. The van der Waals surface area contributed by atoms with Crippen molar-refractivity contribution in [1.82, 2.24) is 9.99 Å². The fraction of sp³-hybridized carbons (Fsp3) is 0.148. The highest BCUT2D eigenvalue weighted by Gasteiger charge is 2.37. The summed E-state index contributed by atoms with van der Waals surface area (Å²) in [5, 5.41) is 7.26. The number of hydrazone groups is 1. The van der Waals surface area contributed by atoms with Gasteiger partial charge in [0.25, 0.3) is 5.56 Å². The number of amides is 1. The minimum absolute atomic E-state index is 0.126. The van der Waals surface area contributed by atoms with Crippen molar-refractivity contribution in [3.8, 4) is 11.1 Å². The summed E-state index contributed by atoms with van der Waals surface area (Å²) in [7, 11) is 0. The van der Waals surface area contributed by atoms with Crippen molar-refractivity contribution in [2.75, 3.05) is 0 Å². The number of rotatable bonds is 4. The molecule has 3 aromatic carbocycles. The van der Waals surface area contributed by atoms with Gasteiger partial charge < -0.3 is 4.98 Å². The van der Waals surface area contributed by atoms with E-state index < -0.39 is 11.9 Å². The summed E-state index contributed by atoms with van der Waals surface area (Å²) in [6, 6.07) is 18.3. The quantitative estimate of drug-likeness (QED) is 0.332. The van der Waals surface area contributed by atoms with Gasteiger partial charge >= 0.3 is 0 Å². The summed E-state index contributed by atoms with van der Waals surface area (Å²) in [5.74, 6) is -0.832. The topological polar surface area (TPSA) is 65.5 Å². The average Bonchev–Trinajstić information content (AvgIpc) is 3.28. The first-order chi connectivity index (χ1) is 16.9. The Balaban J connectivity index is 1.77. The van der Waals surface area contributed by atoms with E-state index in [2.05, 4.69) is 10.1 Å². The molecule has 0 unspecified atom stereocenters. The summed E-state index contributed by atoms with van der Waals surface area (Å²) in [4.78, 5) is 29.2. The second-order valence-electron chi connectivity index (χ2n) is 8.25. The van der Waals surface area contributed by atoms with Gasteiger partial charge in [0, 0.05) is 44.9 Å². The third kappa shape index (κ3) is 4.13. The molecule has 1 aliphatic heterocycles. The minimum atomic E-state index is -0.774. The Morgan fingerprint density at radius 2 is 1.86 bits per heavy atom. The van der Waals surface area contributed by atoms with Crippen molar-refractivity contribution in [2.24, 2.45) is 5.10 Å². The van der Waals surface area contributed by atoms with E-state index in [4.69, 9.17) is 23.2 Å². The van der Waals surface area contributed by atoms with Gasteiger partial charge in [-0.1, -0.05) is 66.5 Å². The van der Waals surface area contributed by atoms with E-state index >= 15 is 0 Å². The molecule has 0 saturated carbocycles. The smallest absolute Gasteiger partial charge is 0.258 e. The van der Waals surface area contributed by atoms with E-state index in [1.165, 1.54) is 17.1 Å². The van der Waals surface area contributed by atoms with Crippen LogP contribution in [0.4, 0.5) is 4.39 Å². The van der Waals surface area contributed by atoms with Gasteiger partial charge in [0.05, 0.1) is 17.3 Å². The zero-order valence-electron chi connectivity index (χ0n) is 18.7. The summed E-state index contributed by atoms with van der Waals surface area (Å²) >= 11 is 12.7. The highest BCUT2D eigenvalue weighted by atomic mass is 35.5. The van der Waals surface area contributed by atoms with Crippen molar-refractivity contribution < 1.29 is 9.18 Å². The minimum Gasteiger partial charge on any atom is -0.321 e. The van der Waals surface area contributed by atoms with Crippen molar-refractivity contribution in [3.63, 3.8) is 0 Å². The Labute approximate surface area is 210 Å². The summed E-state index contributed by atoms with van der Waals surface area (Å²) in [6.07, 6.45) is 0.288. The molecule has 1 atom stereocenters. The van der Waals surface area contributed by atoms with Crippen LogP contribution in [0.5, 0.6) is 0 Å². The number of H-pyrrole nitrogens is 1. The number of fused-ring (bicyclic) bond motifs is 1. The molecule has 0 aliphatic carbocycles. The molecule has 176 valence electrons. The number of halogens is 3. The zero-order chi connectivity index (χ0) is 24.7. The van der Waals surface area contributed by atoms with Crippen molar-refractivity contribution in [3.05, 3.63) is 104 Å². The molecule has 0 fully saturated rings. The molecule has 8 heteroatoms. The highest BCUT2D eigenvalue weighted by Crippen LogP contribution is 2.40. The van der Waals surface area contributed by atoms with E-state index in [1.54, 1.807) is 31.2 Å². The predicted octanol–water partition coefficient (Wildman–Crippen LogP) is 6.73. The Morgan fingerprint density at radius 3 is 2.57 bits per heavy atom. The lowest BCUT2D eigenvalue weighted by molar-refractivity contribution is -0.132. The van der Waals surface area contributed by atoms with Crippen LogP contribution in [0.2, 0.25) is 10.0 Å². The lowest BCUT2D eigenvalue weighted by atomic mass is 9.91. The van der Waals surface area contributed by atoms with Gasteiger partial charge in [-0.05, 0) is 35.9 Å². The number of pyridine rings is 1. The summed E-state index contributed by atoms with van der Waals surface area (Å²) in [6.45, 7) is 1.70. The molecule has 0 bridgehead atoms. The number of benzene rings is 3. The van der Waals surface area contributed by atoms with Crippen LogP contribution in [0.1, 0.15) is 36.9 Å². The molecule has 5 nitrogen and oxygen atoms in total. The summed E-state index contributed by atoms with van der Waals surface area (Å²) in [5.41, 5.74) is 2.57. The Kier molecular flexibility index (Phi) is 6.17. The maximum Gasteiger partial charge on any atom is 0.258 e.